The van der Waals surface area contributed by atoms with E-state index in [4.69, 9.17) is 9.98 Å². The summed E-state index contributed by atoms with van der Waals surface area (Å²) >= 11 is 1.62. The SMILES string of the molecule is CC#CCn1c(N2CCNCC2)nc2c1=CN(C)C(SCC(C)O)N=2. The van der Waals surface area contributed by atoms with Crippen molar-refractivity contribution in [2.24, 2.45) is 4.99 Å². The van der Waals surface area contributed by atoms with E-state index in [-0.39, 0.29) is 11.6 Å². The van der Waals surface area contributed by atoms with Crippen molar-refractivity contribution in [3.8, 4) is 11.8 Å². The third-order valence-corrected chi connectivity index (χ3v) is 5.59. The first-order valence-electron chi connectivity index (χ1n) is 8.63. The first-order valence-corrected chi connectivity index (χ1v) is 9.68. The minimum Gasteiger partial charge on any atom is -0.393 e. The average Bonchev–Trinajstić information content (AvgIpc) is 2.96. The van der Waals surface area contributed by atoms with Gasteiger partial charge < -0.3 is 20.2 Å². The van der Waals surface area contributed by atoms with Gasteiger partial charge in [0.25, 0.3) is 0 Å². The molecular formula is C17H26N6OS. The van der Waals surface area contributed by atoms with E-state index in [2.05, 4.69) is 37.7 Å². The predicted molar refractivity (Wildman–Crippen MR) is 102 cm³/mol. The van der Waals surface area contributed by atoms with E-state index in [0.717, 1.165) is 43.0 Å². The molecule has 3 rings (SSSR count). The summed E-state index contributed by atoms with van der Waals surface area (Å²) in [6.07, 6.45) is 1.75. The second-order valence-corrected chi connectivity index (χ2v) is 7.39. The standard InChI is InChI=1S/C17H26N6OS/c1-4-5-8-23-14-11-21(3)17(25-12-13(2)24)20-15(14)19-16(23)22-9-6-18-7-10-22/h11,13,17-18,24H,6-10,12H2,1-3H3. The van der Waals surface area contributed by atoms with E-state index in [1.54, 1.807) is 18.7 Å². The number of aliphatic hydroxyl groups is 1. The van der Waals surface area contributed by atoms with Crippen molar-refractivity contribution in [3.63, 3.8) is 0 Å². The Labute approximate surface area is 152 Å². The summed E-state index contributed by atoms with van der Waals surface area (Å²) in [5.74, 6) is 7.73. The van der Waals surface area contributed by atoms with E-state index < -0.39 is 0 Å². The van der Waals surface area contributed by atoms with Crippen LogP contribution in [0.1, 0.15) is 13.8 Å². The van der Waals surface area contributed by atoms with E-state index in [1.807, 2.05) is 14.0 Å². The monoisotopic (exact) mass is 362 g/mol. The number of fused-ring (bicyclic) bond motifs is 1. The third kappa shape index (κ3) is 4.11. The van der Waals surface area contributed by atoms with E-state index >= 15 is 0 Å². The van der Waals surface area contributed by atoms with Crippen molar-refractivity contribution < 1.29 is 5.11 Å². The molecule has 1 aromatic heterocycles. The molecule has 0 aliphatic carbocycles. The molecule has 3 heterocycles. The highest BCUT2D eigenvalue weighted by atomic mass is 32.2. The van der Waals surface area contributed by atoms with Gasteiger partial charge in [-0.2, -0.15) is 4.98 Å². The molecule has 2 aliphatic heterocycles. The van der Waals surface area contributed by atoms with Crippen LogP contribution in [-0.2, 0) is 6.54 Å². The van der Waals surface area contributed by atoms with E-state index in [1.165, 1.54) is 0 Å². The fraction of sp³-hybridized carbons (Fsp3) is 0.647. The topological polar surface area (TPSA) is 68.9 Å². The van der Waals surface area contributed by atoms with Crippen LogP contribution in [0.2, 0.25) is 0 Å². The number of nitrogens with zero attached hydrogens (tertiary/aromatic N) is 5. The molecule has 0 saturated carbocycles. The van der Waals surface area contributed by atoms with Crippen molar-refractivity contribution in [1.82, 2.24) is 19.8 Å². The highest BCUT2D eigenvalue weighted by Crippen LogP contribution is 2.18. The molecule has 0 bridgehead atoms. The summed E-state index contributed by atoms with van der Waals surface area (Å²) in [7, 11) is 2.01. The first-order chi connectivity index (χ1) is 12.1. The maximum atomic E-state index is 9.54. The Hall–Kier alpha value is -1.69. The molecule has 1 aromatic rings. The number of anilines is 1. The Bertz CT molecular complexity index is 772. The van der Waals surface area contributed by atoms with Crippen LogP contribution in [0.15, 0.2) is 4.99 Å². The highest BCUT2D eigenvalue weighted by Gasteiger charge is 2.22. The molecular weight excluding hydrogens is 336 g/mol. The summed E-state index contributed by atoms with van der Waals surface area (Å²) in [5, 5.41) is 13.9. The van der Waals surface area contributed by atoms with Crippen LogP contribution in [0.25, 0.3) is 6.20 Å². The number of hydrogen-bond donors (Lipinski definition) is 2. The molecule has 2 N–H and O–H groups in total. The fourth-order valence-corrected chi connectivity index (χ4v) is 3.84. The Morgan fingerprint density at radius 2 is 2.20 bits per heavy atom. The smallest absolute Gasteiger partial charge is 0.209 e. The van der Waals surface area contributed by atoms with Crippen molar-refractivity contribution in [2.45, 2.75) is 32.0 Å². The van der Waals surface area contributed by atoms with Crippen LogP contribution in [0, 0.1) is 11.8 Å². The third-order valence-electron chi connectivity index (χ3n) is 4.17. The van der Waals surface area contributed by atoms with Crippen LogP contribution in [0.4, 0.5) is 5.95 Å². The van der Waals surface area contributed by atoms with Gasteiger partial charge in [0.2, 0.25) is 5.95 Å². The van der Waals surface area contributed by atoms with Gasteiger partial charge in [0.15, 0.2) is 11.0 Å². The lowest BCUT2D eigenvalue weighted by atomic mass is 10.4. The zero-order chi connectivity index (χ0) is 17.8. The molecule has 25 heavy (non-hydrogen) atoms. The molecule has 0 amide bonds. The van der Waals surface area contributed by atoms with Gasteiger partial charge in [-0.15, -0.1) is 17.7 Å². The number of nitrogens with one attached hydrogen (secondary N) is 1. The zero-order valence-electron chi connectivity index (χ0n) is 15.1. The Morgan fingerprint density at radius 3 is 2.88 bits per heavy atom. The summed E-state index contributed by atoms with van der Waals surface area (Å²) in [6, 6.07) is 0. The number of aliphatic hydroxyl groups excluding tert-OH is 1. The minimum atomic E-state index is -0.344. The maximum Gasteiger partial charge on any atom is 0.209 e. The van der Waals surface area contributed by atoms with E-state index in [9.17, 15) is 5.11 Å². The second-order valence-electron chi connectivity index (χ2n) is 6.30. The molecule has 2 aliphatic rings. The lowest BCUT2D eigenvalue weighted by Gasteiger charge is -2.28. The van der Waals surface area contributed by atoms with Crippen molar-refractivity contribution in [3.05, 3.63) is 10.8 Å². The molecule has 0 aromatic carbocycles. The summed E-state index contributed by atoms with van der Waals surface area (Å²) in [4.78, 5) is 14.0. The molecule has 1 fully saturated rings. The number of aromatic nitrogens is 2. The van der Waals surface area contributed by atoms with Gasteiger partial charge in [-0.1, -0.05) is 5.92 Å². The molecule has 8 heteroatoms. The number of imidazole rings is 1. The van der Waals surface area contributed by atoms with Gasteiger partial charge in [0.1, 0.15) is 5.35 Å². The molecule has 0 radical (unpaired) electrons. The minimum absolute atomic E-state index is 0.0569. The molecule has 7 nitrogen and oxygen atoms in total. The van der Waals surface area contributed by atoms with E-state index in [0.29, 0.717) is 12.3 Å². The van der Waals surface area contributed by atoms with Crippen molar-refractivity contribution in [1.29, 1.82) is 0 Å². The average molecular weight is 363 g/mol. The van der Waals surface area contributed by atoms with Gasteiger partial charge in [-0.3, -0.25) is 4.57 Å². The van der Waals surface area contributed by atoms with Gasteiger partial charge >= 0.3 is 0 Å². The summed E-state index contributed by atoms with van der Waals surface area (Å²) in [5.41, 5.74) is 0.714. The second kappa shape index (κ2) is 8.13. The van der Waals surface area contributed by atoms with Gasteiger partial charge in [0, 0.05) is 45.2 Å². The van der Waals surface area contributed by atoms with Crippen LogP contribution >= 0.6 is 11.8 Å². The zero-order valence-corrected chi connectivity index (χ0v) is 15.9. The highest BCUT2D eigenvalue weighted by molar-refractivity contribution is 7.99. The van der Waals surface area contributed by atoms with Crippen molar-refractivity contribution in [2.75, 3.05) is 43.9 Å². The van der Waals surface area contributed by atoms with Crippen LogP contribution < -0.4 is 21.1 Å². The largest absolute Gasteiger partial charge is 0.393 e. The summed E-state index contributed by atoms with van der Waals surface area (Å²) in [6.45, 7) is 8.07. The van der Waals surface area contributed by atoms with Crippen LogP contribution in [0.3, 0.4) is 0 Å². The Morgan fingerprint density at radius 1 is 1.44 bits per heavy atom. The Balaban J connectivity index is 1.98. The fourth-order valence-electron chi connectivity index (χ4n) is 2.92. The summed E-state index contributed by atoms with van der Waals surface area (Å²) < 4.78 is 2.16. The lowest BCUT2D eigenvalue weighted by Crippen LogP contribution is -2.45. The normalized spacial score (nSPS) is 20.9. The number of thioether (sulfide) groups is 1. The Kier molecular flexibility index (Phi) is 5.89. The predicted octanol–water partition coefficient (Wildman–Crippen LogP) is -0.983. The van der Waals surface area contributed by atoms with Crippen LogP contribution in [0.5, 0.6) is 0 Å². The number of rotatable bonds is 5. The molecule has 2 unspecified atom stereocenters. The van der Waals surface area contributed by atoms with Crippen molar-refractivity contribution >= 4 is 23.9 Å². The molecule has 136 valence electrons. The van der Waals surface area contributed by atoms with Gasteiger partial charge in [0.05, 0.1) is 12.6 Å². The van der Waals surface area contributed by atoms with Gasteiger partial charge in [-0.05, 0) is 13.8 Å². The first kappa shape index (κ1) is 18.1. The maximum absolute atomic E-state index is 9.54. The van der Waals surface area contributed by atoms with Gasteiger partial charge in [-0.25, -0.2) is 4.99 Å². The quantitative estimate of drug-likeness (QED) is 0.656. The molecule has 0 spiro atoms. The molecule has 1 saturated heterocycles. The molecule has 2 atom stereocenters. The number of hydrogen-bond acceptors (Lipinski definition) is 7. The number of piperazine rings is 1. The lowest BCUT2D eigenvalue weighted by molar-refractivity contribution is 0.220. The van der Waals surface area contributed by atoms with Crippen LogP contribution in [-0.4, -0.2) is 70.1 Å².